The molecule has 0 aliphatic rings. The first-order valence-electron chi connectivity index (χ1n) is 8.44. The number of nitrogens with one attached hydrogen (secondary N) is 2. The highest BCUT2D eigenvalue weighted by Crippen LogP contribution is 2.30. The van der Waals surface area contributed by atoms with E-state index in [-0.39, 0.29) is 11.7 Å². The molecule has 0 aliphatic carbocycles. The van der Waals surface area contributed by atoms with E-state index in [1.54, 1.807) is 61.8 Å². The molecule has 0 aliphatic heterocycles. The molecular weight excluding hydrogens is 378 g/mol. The summed E-state index contributed by atoms with van der Waals surface area (Å²) in [5, 5.41) is 6.49. The zero-order valence-corrected chi connectivity index (χ0v) is 16.1. The number of nitrogens with zero attached hydrogens (tertiary/aromatic N) is 1. The van der Waals surface area contributed by atoms with Crippen LogP contribution >= 0.6 is 11.6 Å². The number of methoxy groups -OCH3 is 1. The van der Waals surface area contributed by atoms with Crippen molar-refractivity contribution in [1.29, 1.82) is 0 Å². The molecule has 3 aromatic rings. The van der Waals surface area contributed by atoms with E-state index >= 15 is 0 Å². The van der Waals surface area contributed by atoms with E-state index < -0.39 is 0 Å². The van der Waals surface area contributed by atoms with Crippen LogP contribution in [0.1, 0.15) is 27.6 Å². The number of aromatic nitrogens is 1. The highest BCUT2D eigenvalue weighted by molar-refractivity contribution is 6.31. The summed E-state index contributed by atoms with van der Waals surface area (Å²) in [5.74, 6) is 0.270. The van der Waals surface area contributed by atoms with E-state index in [1.165, 1.54) is 13.1 Å². The lowest BCUT2D eigenvalue weighted by molar-refractivity contribution is 0.101. The van der Waals surface area contributed by atoms with Crippen molar-refractivity contribution in [2.45, 2.75) is 6.92 Å². The Labute approximate surface area is 167 Å². The van der Waals surface area contributed by atoms with Crippen molar-refractivity contribution in [2.24, 2.45) is 0 Å². The zero-order valence-electron chi connectivity index (χ0n) is 15.3. The molecule has 2 aromatic carbocycles. The third-order valence-corrected chi connectivity index (χ3v) is 4.23. The molecule has 0 atom stereocenters. The number of anilines is 3. The van der Waals surface area contributed by atoms with Gasteiger partial charge in [-0.05, 0) is 55.5 Å². The second kappa shape index (κ2) is 8.54. The first-order valence-corrected chi connectivity index (χ1v) is 8.82. The Kier molecular flexibility index (Phi) is 5.91. The second-order valence-electron chi connectivity index (χ2n) is 6.02. The highest BCUT2D eigenvalue weighted by atomic mass is 35.5. The number of hydrogen-bond donors (Lipinski definition) is 2. The maximum absolute atomic E-state index is 12.5. The van der Waals surface area contributed by atoms with Crippen molar-refractivity contribution in [3.63, 3.8) is 0 Å². The summed E-state index contributed by atoms with van der Waals surface area (Å²) >= 11 is 6.05. The molecular formula is C21H18ClN3O3. The molecule has 0 saturated heterocycles. The molecule has 28 heavy (non-hydrogen) atoms. The number of benzene rings is 2. The molecule has 1 heterocycles. The van der Waals surface area contributed by atoms with E-state index in [2.05, 4.69) is 15.6 Å². The molecule has 0 fully saturated rings. The summed E-state index contributed by atoms with van der Waals surface area (Å²) in [7, 11) is 1.56. The van der Waals surface area contributed by atoms with Gasteiger partial charge in [0.15, 0.2) is 5.78 Å². The van der Waals surface area contributed by atoms with E-state index in [1.807, 2.05) is 0 Å². The lowest BCUT2D eigenvalue weighted by Gasteiger charge is -2.12. The number of amides is 1. The predicted octanol–water partition coefficient (Wildman–Crippen LogP) is 4.94. The smallest absolute Gasteiger partial charge is 0.257 e. The van der Waals surface area contributed by atoms with Crippen LogP contribution in [0.4, 0.5) is 17.1 Å². The minimum Gasteiger partial charge on any atom is -0.495 e. The molecule has 0 unspecified atom stereocenters. The third kappa shape index (κ3) is 4.66. The monoisotopic (exact) mass is 395 g/mol. The average molecular weight is 396 g/mol. The van der Waals surface area contributed by atoms with Crippen LogP contribution in [0, 0.1) is 0 Å². The number of Topliss-reactive ketones (excluding diaryl/α,β-unsaturated/α-hetero) is 1. The Hall–Kier alpha value is -3.38. The summed E-state index contributed by atoms with van der Waals surface area (Å²) in [4.78, 5) is 28.0. The maximum Gasteiger partial charge on any atom is 0.257 e. The minimum absolute atomic E-state index is 0.0303. The lowest BCUT2D eigenvalue weighted by Crippen LogP contribution is -2.12. The number of rotatable bonds is 6. The fourth-order valence-corrected chi connectivity index (χ4v) is 2.73. The van der Waals surface area contributed by atoms with Crippen molar-refractivity contribution in [3.8, 4) is 5.75 Å². The van der Waals surface area contributed by atoms with Crippen LogP contribution in [0.3, 0.4) is 0 Å². The molecule has 2 N–H and O–H groups in total. The Balaban J connectivity index is 1.76. The Morgan fingerprint density at radius 1 is 0.964 bits per heavy atom. The van der Waals surface area contributed by atoms with E-state index in [0.717, 1.165) is 0 Å². The quantitative estimate of drug-likeness (QED) is 0.577. The Morgan fingerprint density at radius 3 is 2.39 bits per heavy atom. The largest absolute Gasteiger partial charge is 0.495 e. The highest BCUT2D eigenvalue weighted by Gasteiger charge is 2.10. The summed E-state index contributed by atoms with van der Waals surface area (Å²) in [6, 6.07) is 13.6. The standard InChI is InChI=1S/C21H18ClN3O3/c1-13(26)14-3-6-17(7-4-14)25-21(27)15-9-18(12-23-11-15)24-19-10-16(22)5-8-20(19)28-2/h3-12,24H,1-2H3,(H,25,27). The molecule has 0 radical (unpaired) electrons. The van der Waals surface area contributed by atoms with Gasteiger partial charge in [-0.1, -0.05) is 11.6 Å². The number of carbonyl (C=O) groups is 2. The maximum atomic E-state index is 12.5. The van der Waals surface area contributed by atoms with E-state index in [4.69, 9.17) is 16.3 Å². The number of halogens is 1. The second-order valence-corrected chi connectivity index (χ2v) is 6.46. The predicted molar refractivity (Wildman–Crippen MR) is 110 cm³/mol. The van der Waals surface area contributed by atoms with Gasteiger partial charge in [-0.3, -0.25) is 14.6 Å². The van der Waals surface area contributed by atoms with Crippen LogP contribution in [-0.4, -0.2) is 23.8 Å². The van der Waals surface area contributed by atoms with Crippen LogP contribution < -0.4 is 15.4 Å². The number of hydrogen-bond acceptors (Lipinski definition) is 5. The van der Waals surface area contributed by atoms with Gasteiger partial charge in [-0.25, -0.2) is 0 Å². The number of pyridine rings is 1. The molecule has 3 rings (SSSR count). The molecule has 1 aromatic heterocycles. The first-order chi connectivity index (χ1) is 13.5. The van der Waals surface area contributed by atoms with Crippen LogP contribution in [0.5, 0.6) is 5.75 Å². The van der Waals surface area contributed by atoms with Crippen molar-refractivity contribution in [3.05, 3.63) is 77.1 Å². The van der Waals surface area contributed by atoms with Crippen LogP contribution in [0.25, 0.3) is 0 Å². The summed E-state index contributed by atoms with van der Waals surface area (Å²) in [5.41, 5.74) is 2.82. The molecule has 6 nitrogen and oxygen atoms in total. The van der Waals surface area contributed by atoms with Crippen LogP contribution in [-0.2, 0) is 0 Å². The molecule has 0 spiro atoms. The van der Waals surface area contributed by atoms with Crippen molar-refractivity contribution in [1.82, 2.24) is 4.98 Å². The van der Waals surface area contributed by atoms with E-state index in [0.29, 0.717) is 39.0 Å². The van der Waals surface area contributed by atoms with Gasteiger partial charge >= 0.3 is 0 Å². The average Bonchev–Trinajstić information content (AvgIpc) is 2.69. The van der Waals surface area contributed by atoms with Gasteiger partial charge in [0, 0.05) is 22.5 Å². The van der Waals surface area contributed by atoms with Gasteiger partial charge < -0.3 is 15.4 Å². The fourth-order valence-electron chi connectivity index (χ4n) is 2.56. The normalized spacial score (nSPS) is 10.2. The van der Waals surface area contributed by atoms with Crippen molar-refractivity contribution < 1.29 is 14.3 Å². The lowest BCUT2D eigenvalue weighted by atomic mass is 10.1. The molecule has 1 amide bonds. The number of ketones is 1. The molecule has 7 heteroatoms. The Bertz CT molecular complexity index is 1020. The number of carbonyl (C=O) groups excluding carboxylic acids is 2. The van der Waals surface area contributed by atoms with Gasteiger partial charge in [0.2, 0.25) is 0 Å². The van der Waals surface area contributed by atoms with Crippen molar-refractivity contribution >= 4 is 40.4 Å². The van der Waals surface area contributed by atoms with Gasteiger partial charge in [0.05, 0.1) is 30.2 Å². The third-order valence-electron chi connectivity index (χ3n) is 3.99. The summed E-state index contributed by atoms with van der Waals surface area (Å²) in [6.45, 7) is 1.49. The molecule has 0 bridgehead atoms. The van der Waals surface area contributed by atoms with Gasteiger partial charge in [0.1, 0.15) is 5.75 Å². The zero-order chi connectivity index (χ0) is 20.1. The fraction of sp³-hybridized carbons (Fsp3) is 0.0952. The Morgan fingerprint density at radius 2 is 1.71 bits per heavy atom. The number of ether oxygens (including phenoxy) is 1. The first kappa shape index (κ1) is 19.4. The van der Waals surface area contributed by atoms with Crippen LogP contribution in [0.2, 0.25) is 5.02 Å². The van der Waals surface area contributed by atoms with Crippen molar-refractivity contribution in [2.75, 3.05) is 17.7 Å². The molecule has 0 saturated carbocycles. The summed E-state index contributed by atoms with van der Waals surface area (Å²) < 4.78 is 5.31. The topological polar surface area (TPSA) is 80.3 Å². The van der Waals surface area contributed by atoms with Gasteiger partial charge in [-0.2, -0.15) is 0 Å². The van der Waals surface area contributed by atoms with Gasteiger partial charge in [0.25, 0.3) is 5.91 Å². The van der Waals surface area contributed by atoms with E-state index in [9.17, 15) is 9.59 Å². The minimum atomic E-state index is -0.315. The SMILES string of the molecule is COc1ccc(Cl)cc1Nc1cncc(C(=O)Nc2ccc(C(C)=O)cc2)c1. The van der Waals surface area contributed by atoms with Gasteiger partial charge in [-0.15, -0.1) is 0 Å². The summed E-state index contributed by atoms with van der Waals surface area (Å²) in [6.07, 6.45) is 3.07. The molecule has 142 valence electrons. The van der Waals surface area contributed by atoms with Crippen LogP contribution in [0.15, 0.2) is 60.9 Å².